The van der Waals surface area contributed by atoms with E-state index in [0.29, 0.717) is 23.1 Å². The van der Waals surface area contributed by atoms with Gasteiger partial charge in [0, 0.05) is 23.0 Å². The van der Waals surface area contributed by atoms with E-state index in [-0.39, 0.29) is 23.5 Å². The van der Waals surface area contributed by atoms with Crippen LogP contribution in [0, 0.1) is 0 Å². The minimum atomic E-state index is -0.378. The zero-order chi connectivity index (χ0) is 21.9. The number of anilines is 1. The molecule has 0 aliphatic carbocycles. The van der Waals surface area contributed by atoms with Crippen LogP contribution in [0.3, 0.4) is 0 Å². The lowest BCUT2D eigenvalue weighted by Crippen LogP contribution is -2.25. The first-order chi connectivity index (χ1) is 15.7. The highest BCUT2D eigenvalue weighted by Gasteiger charge is 2.16. The van der Waals surface area contributed by atoms with Crippen LogP contribution in [0.1, 0.15) is 25.7 Å². The number of imidazole rings is 1. The zero-order valence-electron chi connectivity index (χ0n) is 17.0. The highest BCUT2D eigenvalue weighted by Crippen LogP contribution is 2.20. The lowest BCUT2D eigenvalue weighted by molar-refractivity contribution is 0.0955. The largest absolute Gasteiger partial charge is 0.352 e. The van der Waals surface area contributed by atoms with E-state index in [9.17, 15) is 9.59 Å². The Labute approximate surface area is 187 Å². The quantitative estimate of drug-likeness (QED) is 0.364. The number of para-hydroxylation sites is 1. The monoisotopic (exact) mass is 441 g/mol. The molecule has 158 valence electrons. The Morgan fingerprint density at radius 1 is 0.969 bits per heavy atom. The van der Waals surface area contributed by atoms with Crippen LogP contribution in [0.4, 0.5) is 5.95 Å². The van der Waals surface area contributed by atoms with Crippen LogP contribution < -0.4 is 10.6 Å². The number of amides is 2. The molecule has 3 N–H and O–H groups in total. The Morgan fingerprint density at radius 3 is 2.69 bits per heavy atom. The van der Waals surface area contributed by atoms with Crippen molar-refractivity contribution in [2.75, 3.05) is 11.9 Å². The number of nitrogens with zero attached hydrogens (tertiary/aromatic N) is 2. The fourth-order valence-electron chi connectivity index (χ4n) is 3.50. The van der Waals surface area contributed by atoms with Crippen LogP contribution in [0.15, 0.2) is 72.2 Å². The number of thiophene rings is 1. The van der Waals surface area contributed by atoms with Crippen LogP contribution in [0.2, 0.25) is 0 Å². The number of hydrogen-bond donors (Lipinski definition) is 3. The van der Waals surface area contributed by atoms with Gasteiger partial charge in [0.25, 0.3) is 11.8 Å². The number of carbonyl (C=O) groups is 2. The Morgan fingerprint density at radius 2 is 1.84 bits per heavy atom. The predicted molar refractivity (Wildman–Crippen MR) is 126 cm³/mol. The summed E-state index contributed by atoms with van der Waals surface area (Å²) in [7, 11) is 0. The molecule has 32 heavy (non-hydrogen) atoms. The summed E-state index contributed by atoms with van der Waals surface area (Å²) in [6.07, 6.45) is 2.45. The molecule has 3 aromatic heterocycles. The molecule has 8 heteroatoms. The average Bonchev–Trinajstić information content (AvgIpc) is 3.47. The number of aromatic amines is 1. The van der Waals surface area contributed by atoms with Crippen molar-refractivity contribution >= 4 is 50.9 Å². The first-order valence-electron chi connectivity index (χ1n) is 10.1. The van der Waals surface area contributed by atoms with Crippen LogP contribution in [-0.4, -0.2) is 33.3 Å². The molecule has 0 aliphatic rings. The van der Waals surface area contributed by atoms with E-state index in [4.69, 9.17) is 0 Å². The van der Waals surface area contributed by atoms with Crippen LogP contribution in [0.5, 0.6) is 0 Å². The molecule has 5 rings (SSSR count). The number of carbonyl (C=O) groups excluding carboxylic acids is 2. The van der Waals surface area contributed by atoms with E-state index in [1.165, 1.54) is 4.88 Å². The van der Waals surface area contributed by atoms with Crippen molar-refractivity contribution in [1.29, 1.82) is 0 Å². The smallest absolute Gasteiger partial charge is 0.276 e. The maximum Gasteiger partial charge on any atom is 0.276 e. The first kappa shape index (κ1) is 19.9. The van der Waals surface area contributed by atoms with E-state index < -0.39 is 0 Å². The van der Waals surface area contributed by atoms with Gasteiger partial charge in [-0.25, -0.2) is 4.98 Å². The lowest BCUT2D eigenvalue weighted by atomic mass is 10.1. The molecule has 7 nitrogen and oxygen atoms in total. The van der Waals surface area contributed by atoms with E-state index in [2.05, 4.69) is 25.6 Å². The molecule has 3 heterocycles. The van der Waals surface area contributed by atoms with Crippen molar-refractivity contribution in [1.82, 2.24) is 20.3 Å². The van der Waals surface area contributed by atoms with E-state index in [0.717, 1.165) is 17.2 Å². The van der Waals surface area contributed by atoms with Crippen LogP contribution in [-0.2, 0) is 6.42 Å². The summed E-state index contributed by atoms with van der Waals surface area (Å²) >= 11 is 1.67. The molecule has 0 saturated carbocycles. The molecular formula is C24H19N5O2S. The fraction of sp³-hybridized carbons (Fsp3) is 0.0833. The average molecular weight is 442 g/mol. The van der Waals surface area contributed by atoms with Crippen molar-refractivity contribution < 1.29 is 9.59 Å². The second-order valence-electron chi connectivity index (χ2n) is 7.24. The topological polar surface area (TPSA) is 99.8 Å². The third-order valence-electron chi connectivity index (χ3n) is 5.09. The van der Waals surface area contributed by atoms with E-state index in [1.54, 1.807) is 35.7 Å². The van der Waals surface area contributed by atoms with Gasteiger partial charge in [-0.1, -0.05) is 36.4 Å². The summed E-state index contributed by atoms with van der Waals surface area (Å²) in [5, 5.41) is 9.59. The van der Waals surface area contributed by atoms with Crippen LogP contribution >= 0.6 is 11.3 Å². The molecule has 2 amide bonds. The summed E-state index contributed by atoms with van der Waals surface area (Å²) in [5.41, 5.74) is 1.91. The summed E-state index contributed by atoms with van der Waals surface area (Å²) in [5.74, 6) is -0.316. The van der Waals surface area contributed by atoms with Gasteiger partial charge >= 0.3 is 0 Å². The van der Waals surface area contributed by atoms with Crippen molar-refractivity contribution in [3.8, 4) is 0 Å². The normalized spacial score (nSPS) is 11.0. The van der Waals surface area contributed by atoms with E-state index in [1.807, 2.05) is 47.8 Å². The molecule has 0 aliphatic heterocycles. The van der Waals surface area contributed by atoms with Gasteiger partial charge in [0.1, 0.15) is 11.2 Å². The number of aromatic nitrogens is 3. The molecule has 0 radical (unpaired) electrons. The highest BCUT2D eigenvalue weighted by atomic mass is 32.1. The second kappa shape index (κ2) is 8.60. The van der Waals surface area contributed by atoms with Gasteiger partial charge < -0.3 is 10.3 Å². The molecule has 0 bridgehead atoms. The third kappa shape index (κ3) is 4.08. The number of benzene rings is 2. The van der Waals surface area contributed by atoms with Crippen LogP contribution in [0.25, 0.3) is 21.8 Å². The molecule has 0 atom stereocenters. The molecule has 2 aromatic carbocycles. The molecule has 0 spiro atoms. The summed E-state index contributed by atoms with van der Waals surface area (Å²) in [6.45, 7) is 0.539. The number of H-pyrrole nitrogens is 1. The Hall–Kier alpha value is -4.04. The molecular weight excluding hydrogens is 422 g/mol. The van der Waals surface area contributed by atoms with Gasteiger partial charge in [-0.3, -0.25) is 19.9 Å². The van der Waals surface area contributed by atoms with Gasteiger partial charge in [-0.2, -0.15) is 0 Å². The van der Waals surface area contributed by atoms with E-state index >= 15 is 0 Å². The maximum absolute atomic E-state index is 12.7. The Kier molecular flexibility index (Phi) is 5.35. The number of fused-ring (bicyclic) bond motifs is 2. The third-order valence-corrected chi connectivity index (χ3v) is 6.03. The summed E-state index contributed by atoms with van der Waals surface area (Å²) < 4.78 is 0. The molecule has 0 saturated heterocycles. The lowest BCUT2D eigenvalue weighted by Gasteiger charge is -2.05. The van der Waals surface area contributed by atoms with Crippen molar-refractivity contribution in [3.05, 3.63) is 88.4 Å². The Bertz CT molecular complexity index is 1430. The van der Waals surface area contributed by atoms with Gasteiger partial charge in [0.15, 0.2) is 0 Å². The molecule has 5 aromatic rings. The van der Waals surface area contributed by atoms with Crippen molar-refractivity contribution in [2.24, 2.45) is 0 Å². The van der Waals surface area contributed by atoms with Gasteiger partial charge in [0.2, 0.25) is 5.95 Å². The number of rotatable bonds is 6. The second-order valence-corrected chi connectivity index (χ2v) is 8.28. The number of pyridine rings is 1. The SMILES string of the molecule is O=C(Nc1nc2c(C(=O)NCCc3cccs3)cccc2[nH]1)c1cc2ccccc2cn1. The minimum Gasteiger partial charge on any atom is -0.352 e. The summed E-state index contributed by atoms with van der Waals surface area (Å²) in [6, 6.07) is 18.8. The zero-order valence-corrected chi connectivity index (χ0v) is 17.8. The molecule has 0 fully saturated rings. The standard InChI is InChI=1S/C24H19N5O2S/c30-22(25-11-10-17-7-4-12-32-17)18-8-3-9-19-21(18)28-24(27-19)29-23(31)20-13-15-5-1-2-6-16(15)14-26-20/h1-9,12-14H,10-11H2,(H,25,30)(H2,27,28,29,31). The van der Waals surface area contributed by atoms with Crippen molar-refractivity contribution in [3.63, 3.8) is 0 Å². The summed E-state index contributed by atoms with van der Waals surface area (Å²) in [4.78, 5) is 38.4. The number of nitrogens with one attached hydrogen (secondary N) is 3. The van der Waals surface area contributed by atoms with Gasteiger partial charge in [-0.15, -0.1) is 11.3 Å². The van der Waals surface area contributed by atoms with Gasteiger partial charge in [-0.05, 0) is 41.5 Å². The minimum absolute atomic E-state index is 0.201. The fourth-order valence-corrected chi connectivity index (χ4v) is 4.21. The maximum atomic E-state index is 12.7. The van der Waals surface area contributed by atoms with Gasteiger partial charge in [0.05, 0.1) is 11.1 Å². The predicted octanol–water partition coefficient (Wildman–Crippen LogP) is 4.40. The molecule has 0 unspecified atom stereocenters. The first-order valence-corrected chi connectivity index (χ1v) is 11.0. The Balaban J connectivity index is 1.32. The highest BCUT2D eigenvalue weighted by molar-refractivity contribution is 7.09. The van der Waals surface area contributed by atoms with Crippen molar-refractivity contribution in [2.45, 2.75) is 6.42 Å². The number of hydrogen-bond acceptors (Lipinski definition) is 5.